The molecule has 44 heavy (non-hydrogen) atoms. The Kier molecular flexibility index (Phi) is 8.25. The van der Waals surface area contributed by atoms with Crippen LogP contribution in [0, 0.1) is 11.3 Å². The van der Waals surface area contributed by atoms with E-state index >= 15 is 0 Å². The lowest BCUT2D eigenvalue weighted by Crippen LogP contribution is -2.46. The second kappa shape index (κ2) is 12.3. The number of fused-ring (bicyclic) bond motifs is 1. The van der Waals surface area contributed by atoms with Gasteiger partial charge in [-0.1, -0.05) is 47.1 Å². The Morgan fingerprint density at radius 1 is 1.11 bits per heavy atom. The number of hydrogen-bond acceptors (Lipinski definition) is 8. The van der Waals surface area contributed by atoms with Crippen molar-refractivity contribution in [2.24, 2.45) is 7.05 Å². The van der Waals surface area contributed by atoms with Crippen molar-refractivity contribution >= 4 is 33.9 Å². The largest absolute Gasteiger partial charge is 0.378 e. The zero-order valence-corrected chi connectivity index (χ0v) is 26.3. The fourth-order valence-electron chi connectivity index (χ4n) is 5.92. The fourth-order valence-corrected chi connectivity index (χ4v) is 6.14. The van der Waals surface area contributed by atoms with E-state index in [-0.39, 0.29) is 11.6 Å². The number of nitrogens with one attached hydrogen (secondary N) is 2. The highest BCUT2D eigenvalue weighted by atomic mass is 35.5. The van der Waals surface area contributed by atoms with E-state index in [4.69, 9.17) is 16.6 Å². The van der Waals surface area contributed by atoms with Crippen LogP contribution < -0.4 is 10.6 Å². The van der Waals surface area contributed by atoms with Crippen molar-refractivity contribution in [2.75, 3.05) is 23.7 Å². The van der Waals surface area contributed by atoms with Gasteiger partial charge < -0.3 is 10.6 Å². The zero-order valence-electron chi connectivity index (χ0n) is 25.5. The lowest BCUT2D eigenvalue weighted by Gasteiger charge is -2.40. The smallest absolute Gasteiger partial charge is 0.109 e. The van der Waals surface area contributed by atoms with Crippen LogP contribution in [0.25, 0.3) is 10.9 Å². The lowest BCUT2D eigenvalue weighted by atomic mass is 9.98. The van der Waals surface area contributed by atoms with Crippen molar-refractivity contribution in [3.05, 3.63) is 94.7 Å². The van der Waals surface area contributed by atoms with Gasteiger partial charge in [-0.05, 0) is 57.4 Å². The third-order valence-corrected chi connectivity index (χ3v) is 8.53. The average Bonchev–Trinajstić information content (AvgIpc) is 3.68. The van der Waals surface area contributed by atoms with Crippen molar-refractivity contribution in [2.45, 2.75) is 57.8 Å². The van der Waals surface area contributed by atoms with Crippen LogP contribution in [-0.2, 0) is 13.6 Å². The molecule has 2 aromatic carbocycles. The van der Waals surface area contributed by atoms with E-state index in [0.29, 0.717) is 34.4 Å². The molecule has 5 aromatic rings. The van der Waals surface area contributed by atoms with Gasteiger partial charge in [0.2, 0.25) is 0 Å². The monoisotopic (exact) mass is 608 g/mol. The molecule has 1 aliphatic rings. The third-order valence-electron chi connectivity index (χ3n) is 8.32. The Morgan fingerprint density at radius 3 is 2.57 bits per heavy atom. The summed E-state index contributed by atoms with van der Waals surface area (Å²) >= 11 is 6.71. The number of halogens is 1. The second-order valence-corrected chi connectivity index (χ2v) is 12.8. The standard InChI is InChI=1S/C33H37ClN10/c1-33(2,3)43-14-11-26(12-15-43)44-21-29(39-41-44)31(22-8-6-5-7-9-22)38-28-17-24(34)16-27-30(23(18-35)19-36-32(27)28)37-20-25-10-13-42(4)40-25/h5-10,13,16-17,19,21,26,31,38H,11-12,14-15,20H2,1-4H3,(H,36,37)/t31-/m0/s1. The van der Waals surface area contributed by atoms with E-state index in [1.165, 1.54) is 0 Å². The number of nitrogens with zero attached hydrogens (tertiary/aromatic N) is 8. The summed E-state index contributed by atoms with van der Waals surface area (Å²) < 4.78 is 3.78. The van der Waals surface area contributed by atoms with E-state index in [1.54, 1.807) is 10.9 Å². The van der Waals surface area contributed by atoms with Gasteiger partial charge >= 0.3 is 0 Å². The minimum absolute atomic E-state index is 0.163. The van der Waals surface area contributed by atoms with Crippen LogP contribution in [0.4, 0.5) is 11.4 Å². The van der Waals surface area contributed by atoms with Crippen molar-refractivity contribution < 1.29 is 0 Å². The number of piperidine rings is 1. The molecule has 4 heterocycles. The Morgan fingerprint density at radius 2 is 1.89 bits per heavy atom. The molecule has 1 atom stereocenters. The summed E-state index contributed by atoms with van der Waals surface area (Å²) in [5, 5.41) is 32.0. The van der Waals surface area contributed by atoms with Gasteiger partial charge in [-0.25, -0.2) is 4.68 Å². The molecule has 0 radical (unpaired) electrons. The molecule has 2 N–H and O–H groups in total. The summed E-state index contributed by atoms with van der Waals surface area (Å²) in [6.45, 7) is 9.33. The SMILES string of the molecule is Cn1ccc(CNc2c(C#N)cnc3c(N[C@@H](c4ccccc4)c4cn(C5CCN(C(C)(C)C)CC5)nn4)cc(Cl)cc23)n1. The molecule has 6 rings (SSSR count). The second-order valence-electron chi connectivity index (χ2n) is 12.3. The summed E-state index contributed by atoms with van der Waals surface area (Å²) in [6.07, 6.45) is 7.61. The molecule has 1 fully saturated rings. The normalized spacial score (nSPS) is 15.3. The van der Waals surface area contributed by atoms with Crippen LogP contribution in [0.5, 0.6) is 0 Å². The molecule has 0 amide bonds. The molecular weight excluding hydrogens is 572 g/mol. The van der Waals surface area contributed by atoms with Gasteiger partial charge in [-0.15, -0.1) is 5.10 Å². The van der Waals surface area contributed by atoms with Gasteiger partial charge in [0, 0.05) is 48.5 Å². The molecule has 3 aromatic heterocycles. The number of nitriles is 1. The van der Waals surface area contributed by atoms with Gasteiger partial charge in [0.1, 0.15) is 11.8 Å². The molecule has 0 spiro atoms. The first-order valence-electron chi connectivity index (χ1n) is 14.9. The maximum absolute atomic E-state index is 9.91. The number of aromatic nitrogens is 6. The van der Waals surface area contributed by atoms with Crippen LogP contribution in [0.3, 0.4) is 0 Å². The predicted molar refractivity (Wildman–Crippen MR) is 174 cm³/mol. The van der Waals surface area contributed by atoms with Crippen molar-refractivity contribution in [3.8, 4) is 6.07 Å². The van der Waals surface area contributed by atoms with Crippen LogP contribution in [0.15, 0.2) is 67.1 Å². The number of likely N-dealkylation sites (tertiary alicyclic amines) is 1. The maximum atomic E-state index is 9.91. The number of anilines is 2. The molecule has 0 unspecified atom stereocenters. The first-order valence-corrected chi connectivity index (χ1v) is 15.3. The molecule has 0 aliphatic carbocycles. The molecule has 11 heteroatoms. The van der Waals surface area contributed by atoms with Gasteiger partial charge in [0.25, 0.3) is 0 Å². The average molecular weight is 609 g/mol. The molecule has 0 saturated carbocycles. The van der Waals surface area contributed by atoms with E-state index < -0.39 is 0 Å². The Balaban J connectivity index is 1.33. The quantitative estimate of drug-likeness (QED) is 0.210. The predicted octanol–water partition coefficient (Wildman–Crippen LogP) is 6.33. The third kappa shape index (κ3) is 6.25. The van der Waals surface area contributed by atoms with E-state index in [0.717, 1.165) is 54.0 Å². The number of benzene rings is 2. The highest BCUT2D eigenvalue weighted by Crippen LogP contribution is 2.37. The minimum Gasteiger partial charge on any atom is -0.378 e. The first kappa shape index (κ1) is 29.6. The fraction of sp³-hybridized carbons (Fsp3) is 0.364. The molecule has 1 aliphatic heterocycles. The summed E-state index contributed by atoms with van der Waals surface area (Å²) in [4.78, 5) is 7.24. The zero-order chi connectivity index (χ0) is 30.8. The summed E-state index contributed by atoms with van der Waals surface area (Å²) in [7, 11) is 1.88. The van der Waals surface area contributed by atoms with Crippen LogP contribution in [0.1, 0.15) is 68.2 Å². The number of hydrogen-bond donors (Lipinski definition) is 2. The topological polar surface area (TPSA) is 113 Å². The van der Waals surface area contributed by atoms with Crippen molar-refractivity contribution in [3.63, 3.8) is 0 Å². The van der Waals surface area contributed by atoms with Crippen LogP contribution in [-0.4, -0.2) is 53.3 Å². The number of aryl methyl sites for hydroxylation is 1. The first-order chi connectivity index (χ1) is 21.2. The molecule has 226 valence electrons. The van der Waals surface area contributed by atoms with E-state index in [1.807, 2.05) is 54.3 Å². The van der Waals surface area contributed by atoms with E-state index in [2.05, 4.69) is 76.1 Å². The van der Waals surface area contributed by atoms with Crippen molar-refractivity contribution in [1.29, 1.82) is 5.26 Å². The van der Waals surface area contributed by atoms with Crippen molar-refractivity contribution in [1.82, 2.24) is 34.7 Å². The highest BCUT2D eigenvalue weighted by Gasteiger charge is 2.29. The molecule has 0 bridgehead atoms. The summed E-state index contributed by atoms with van der Waals surface area (Å²) in [5.74, 6) is 0. The summed E-state index contributed by atoms with van der Waals surface area (Å²) in [6, 6.07) is 18.1. The Labute approximate surface area is 262 Å². The number of pyridine rings is 1. The van der Waals surface area contributed by atoms with Gasteiger partial charge in [0.15, 0.2) is 0 Å². The Hall–Kier alpha value is -4.46. The highest BCUT2D eigenvalue weighted by molar-refractivity contribution is 6.32. The molecule has 10 nitrogen and oxygen atoms in total. The lowest BCUT2D eigenvalue weighted by molar-refractivity contribution is 0.0866. The summed E-state index contributed by atoms with van der Waals surface area (Å²) in [5.41, 5.74) is 5.40. The molecule has 1 saturated heterocycles. The van der Waals surface area contributed by atoms with Crippen LogP contribution >= 0.6 is 11.6 Å². The minimum atomic E-state index is -0.302. The van der Waals surface area contributed by atoms with Gasteiger partial charge in [-0.2, -0.15) is 10.4 Å². The van der Waals surface area contributed by atoms with Gasteiger partial charge in [-0.3, -0.25) is 14.6 Å². The van der Waals surface area contributed by atoms with Crippen LogP contribution in [0.2, 0.25) is 5.02 Å². The molecular formula is C33H37ClN10. The maximum Gasteiger partial charge on any atom is 0.109 e. The van der Waals surface area contributed by atoms with Gasteiger partial charge in [0.05, 0.1) is 53.0 Å². The Bertz CT molecular complexity index is 1790. The van der Waals surface area contributed by atoms with E-state index in [9.17, 15) is 5.26 Å². The number of rotatable bonds is 8.